The van der Waals surface area contributed by atoms with Crippen molar-refractivity contribution in [3.63, 3.8) is 0 Å². The molecule has 2 heterocycles. The smallest absolute Gasteiger partial charge is 0.247 e. The second kappa shape index (κ2) is 6.76. The third-order valence-electron chi connectivity index (χ3n) is 6.46. The van der Waals surface area contributed by atoms with E-state index < -0.39 is 23.0 Å². The Morgan fingerprint density at radius 2 is 1.84 bits per heavy atom. The molecule has 2 aromatic carbocycles. The molecule has 0 fully saturated rings. The Morgan fingerprint density at radius 3 is 2.56 bits per heavy atom. The van der Waals surface area contributed by atoms with Gasteiger partial charge in [0, 0.05) is 42.1 Å². The van der Waals surface area contributed by atoms with Gasteiger partial charge in [-0.05, 0) is 31.0 Å². The zero-order chi connectivity index (χ0) is 22.8. The summed E-state index contributed by atoms with van der Waals surface area (Å²) in [5, 5.41) is 10.2. The highest BCUT2D eigenvalue weighted by molar-refractivity contribution is 6.20. The van der Waals surface area contributed by atoms with E-state index in [-0.39, 0.29) is 34.9 Å². The number of carbonyl (C=O) groups excluding carboxylic acids is 2. The molecule has 1 atom stereocenters. The summed E-state index contributed by atoms with van der Waals surface area (Å²) >= 11 is 0. The summed E-state index contributed by atoms with van der Waals surface area (Å²) in [6.07, 6.45) is 1.02. The number of hydrogen-bond donors (Lipinski definition) is 1. The molecule has 2 aliphatic heterocycles. The van der Waals surface area contributed by atoms with Crippen molar-refractivity contribution in [3.8, 4) is 6.07 Å². The number of ketones is 1. The van der Waals surface area contributed by atoms with Crippen LogP contribution in [0.3, 0.4) is 0 Å². The Hall–Kier alpha value is -3.99. The van der Waals surface area contributed by atoms with Gasteiger partial charge in [0.1, 0.15) is 28.9 Å². The number of para-hydroxylation sites is 1. The van der Waals surface area contributed by atoms with E-state index in [2.05, 4.69) is 0 Å². The SMILES string of the molecule is CN1C(=O)[C@@]2(C(C#N)=C(N)N(c3ccc(F)cc3F)C3=C2C(=O)CCC3)c2ccccc21. The number of benzene rings is 2. The first kappa shape index (κ1) is 19.9. The number of carbonyl (C=O) groups is 2. The van der Waals surface area contributed by atoms with Crippen molar-refractivity contribution in [1.82, 2.24) is 0 Å². The van der Waals surface area contributed by atoms with Gasteiger partial charge in [-0.1, -0.05) is 18.2 Å². The topological polar surface area (TPSA) is 90.4 Å². The molecule has 32 heavy (non-hydrogen) atoms. The molecule has 1 spiro atoms. The van der Waals surface area contributed by atoms with E-state index in [4.69, 9.17) is 5.73 Å². The van der Waals surface area contributed by atoms with Crippen LogP contribution in [0.15, 0.2) is 65.1 Å². The lowest BCUT2D eigenvalue weighted by Gasteiger charge is -2.43. The molecule has 5 rings (SSSR count). The van der Waals surface area contributed by atoms with Crippen LogP contribution in [0.4, 0.5) is 20.2 Å². The fourth-order valence-corrected chi connectivity index (χ4v) is 5.17. The Kier molecular flexibility index (Phi) is 4.21. The molecule has 6 nitrogen and oxygen atoms in total. The summed E-state index contributed by atoms with van der Waals surface area (Å²) in [6.45, 7) is 0. The zero-order valence-electron chi connectivity index (χ0n) is 17.2. The minimum absolute atomic E-state index is 0.0826. The van der Waals surface area contributed by atoms with Crippen molar-refractivity contribution in [2.24, 2.45) is 5.73 Å². The molecule has 0 unspecified atom stereocenters. The number of allylic oxidation sites excluding steroid dienone is 1. The number of likely N-dealkylation sites (N-methyl/N-ethyl adjacent to an activating group) is 1. The lowest BCUT2D eigenvalue weighted by Crippen LogP contribution is -2.52. The Morgan fingerprint density at radius 1 is 1.09 bits per heavy atom. The molecule has 2 aromatic rings. The van der Waals surface area contributed by atoms with E-state index in [9.17, 15) is 23.6 Å². The van der Waals surface area contributed by atoms with Crippen LogP contribution in [-0.4, -0.2) is 18.7 Å². The van der Waals surface area contributed by atoms with Gasteiger partial charge in [-0.25, -0.2) is 8.78 Å². The number of amides is 1. The van der Waals surface area contributed by atoms with E-state index in [1.54, 1.807) is 31.3 Å². The van der Waals surface area contributed by atoms with Gasteiger partial charge >= 0.3 is 0 Å². The van der Waals surface area contributed by atoms with Gasteiger partial charge < -0.3 is 10.6 Å². The van der Waals surface area contributed by atoms with Crippen LogP contribution in [0.2, 0.25) is 0 Å². The largest absolute Gasteiger partial charge is 0.384 e. The molecule has 3 aliphatic rings. The molecule has 160 valence electrons. The normalized spacial score (nSPS) is 22.4. The maximum Gasteiger partial charge on any atom is 0.247 e. The number of halogens is 2. The predicted octanol–water partition coefficient (Wildman–Crippen LogP) is 3.40. The first-order chi connectivity index (χ1) is 15.3. The molecule has 0 saturated heterocycles. The average Bonchev–Trinajstić information content (AvgIpc) is 2.98. The van der Waals surface area contributed by atoms with Gasteiger partial charge in [0.25, 0.3) is 0 Å². The minimum Gasteiger partial charge on any atom is -0.384 e. The van der Waals surface area contributed by atoms with Gasteiger partial charge in [-0.2, -0.15) is 5.26 Å². The lowest BCUT2D eigenvalue weighted by atomic mass is 9.64. The summed E-state index contributed by atoms with van der Waals surface area (Å²) in [5.74, 6) is -2.55. The fraction of sp³-hybridized carbons (Fsp3) is 0.208. The molecule has 8 heteroatoms. The second-order valence-electron chi connectivity index (χ2n) is 8.03. The highest BCUT2D eigenvalue weighted by atomic mass is 19.1. The number of hydrogen-bond acceptors (Lipinski definition) is 5. The number of nitriles is 1. The fourth-order valence-electron chi connectivity index (χ4n) is 5.17. The number of nitrogens with two attached hydrogens (primary N) is 1. The molecule has 2 N–H and O–H groups in total. The highest BCUT2D eigenvalue weighted by Gasteiger charge is 2.61. The van der Waals surface area contributed by atoms with Gasteiger partial charge in [-0.3, -0.25) is 14.5 Å². The van der Waals surface area contributed by atoms with Crippen molar-refractivity contribution in [2.45, 2.75) is 24.7 Å². The summed E-state index contributed by atoms with van der Waals surface area (Å²) in [4.78, 5) is 29.8. The summed E-state index contributed by atoms with van der Waals surface area (Å²) < 4.78 is 28.4. The van der Waals surface area contributed by atoms with Crippen LogP contribution in [0, 0.1) is 23.0 Å². The van der Waals surface area contributed by atoms with Crippen LogP contribution in [0.1, 0.15) is 24.8 Å². The first-order valence-corrected chi connectivity index (χ1v) is 10.1. The highest BCUT2D eigenvalue weighted by Crippen LogP contribution is 2.56. The van der Waals surface area contributed by atoms with Gasteiger partial charge in [0.15, 0.2) is 5.78 Å². The van der Waals surface area contributed by atoms with Crippen LogP contribution in [0.5, 0.6) is 0 Å². The summed E-state index contributed by atoms with van der Waals surface area (Å²) in [6, 6.07) is 12.0. The van der Waals surface area contributed by atoms with Crippen molar-refractivity contribution < 1.29 is 18.4 Å². The predicted molar refractivity (Wildman–Crippen MR) is 113 cm³/mol. The van der Waals surface area contributed by atoms with Crippen molar-refractivity contribution >= 4 is 23.1 Å². The number of Topliss-reactive ketones (excluding diaryl/α,β-unsaturated/α-hetero) is 1. The molecule has 1 aliphatic carbocycles. The van der Waals surface area contributed by atoms with E-state index in [0.29, 0.717) is 35.9 Å². The lowest BCUT2D eigenvalue weighted by molar-refractivity contribution is -0.124. The molecule has 0 saturated carbocycles. The molecule has 0 radical (unpaired) electrons. The van der Waals surface area contributed by atoms with E-state index in [0.717, 1.165) is 6.07 Å². The second-order valence-corrected chi connectivity index (χ2v) is 8.03. The number of rotatable bonds is 1. The monoisotopic (exact) mass is 432 g/mol. The molecule has 0 bridgehead atoms. The first-order valence-electron chi connectivity index (χ1n) is 10.1. The molecular weight excluding hydrogens is 414 g/mol. The third kappa shape index (κ3) is 2.31. The zero-order valence-corrected chi connectivity index (χ0v) is 17.2. The van der Waals surface area contributed by atoms with Crippen molar-refractivity contribution in [1.29, 1.82) is 5.26 Å². The average molecular weight is 432 g/mol. The van der Waals surface area contributed by atoms with E-state index in [1.807, 2.05) is 6.07 Å². The molecule has 0 aromatic heterocycles. The maximum absolute atomic E-state index is 14.8. The van der Waals surface area contributed by atoms with Crippen LogP contribution < -0.4 is 15.5 Å². The Balaban J connectivity index is 1.91. The molecular formula is C24H18F2N4O2. The van der Waals surface area contributed by atoms with Crippen LogP contribution >= 0.6 is 0 Å². The maximum atomic E-state index is 14.8. The van der Waals surface area contributed by atoms with E-state index >= 15 is 0 Å². The van der Waals surface area contributed by atoms with Crippen molar-refractivity contribution in [2.75, 3.05) is 16.8 Å². The quantitative estimate of drug-likeness (QED) is 0.746. The Bertz CT molecular complexity index is 1320. The van der Waals surface area contributed by atoms with Crippen LogP contribution in [-0.2, 0) is 15.0 Å². The number of nitrogens with zero attached hydrogens (tertiary/aromatic N) is 3. The standard InChI is InChI=1S/C24H18F2N4O2/c1-29-17-6-3-2-5-14(17)24(23(29)32)15(12-27)22(28)30(18-10-9-13(25)11-16(18)26)19-7-4-8-20(31)21(19)24/h2-3,5-6,9-11H,4,7-8,28H2,1H3/t24-/m1/s1. The van der Waals surface area contributed by atoms with Gasteiger partial charge in [-0.15, -0.1) is 0 Å². The van der Waals surface area contributed by atoms with Gasteiger partial charge in [0.2, 0.25) is 5.91 Å². The number of anilines is 2. The minimum atomic E-state index is -1.69. The molecule has 1 amide bonds. The Labute approximate surface area is 182 Å². The number of fused-ring (bicyclic) bond motifs is 3. The van der Waals surface area contributed by atoms with Gasteiger partial charge in [0.05, 0.1) is 11.3 Å². The summed E-state index contributed by atoms with van der Waals surface area (Å²) in [7, 11) is 1.58. The van der Waals surface area contributed by atoms with E-state index in [1.165, 1.54) is 15.9 Å². The van der Waals surface area contributed by atoms with Crippen molar-refractivity contribution in [3.05, 3.63) is 82.3 Å². The third-order valence-corrected chi connectivity index (χ3v) is 6.46. The van der Waals surface area contributed by atoms with Crippen LogP contribution in [0.25, 0.3) is 0 Å². The summed E-state index contributed by atoms with van der Waals surface area (Å²) in [5.41, 5.74) is 6.11.